The lowest BCUT2D eigenvalue weighted by atomic mass is 9.90. The highest BCUT2D eigenvalue weighted by molar-refractivity contribution is 5.83. The van der Waals surface area contributed by atoms with Crippen LogP contribution in [0, 0.1) is 5.82 Å². The molecular formula is C23H23FN6O. The topological polar surface area (TPSA) is 77.6 Å². The van der Waals surface area contributed by atoms with Gasteiger partial charge in [-0.3, -0.25) is 14.5 Å². The van der Waals surface area contributed by atoms with Gasteiger partial charge in [-0.2, -0.15) is 5.10 Å². The number of aromatic nitrogens is 5. The summed E-state index contributed by atoms with van der Waals surface area (Å²) in [7, 11) is 1.87. The third-order valence-electron chi connectivity index (χ3n) is 5.98. The number of carbonyl (C=O) groups is 1. The summed E-state index contributed by atoms with van der Waals surface area (Å²) in [6.07, 6.45) is 7.99. The van der Waals surface area contributed by atoms with Crippen molar-refractivity contribution in [1.82, 2.24) is 29.6 Å². The molecule has 0 aliphatic heterocycles. The summed E-state index contributed by atoms with van der Waals surface area (Å²) in [4.78, 5) is 20.3. The van der Waals surface area contributed by atoms with Crippen molar-refractivity contribution in [3.8, 4) is 22.8 Å². The summed E-state index contributed by atoms with van der Waals surface area (Å²) in [6.45, 7) is 0. The number of fused-ring (bicyclic) bond motifs is 1. The van der Waals surface area contributed by atoms with Crippen LogP contribution in [0.2, 0.25) is 0 Å². The number of benzene rings is 1. The zero-order chi connectivity index (χ0) is 21.4. The standard InChI is InChI=1S/C23H23FN6O/c1-29-10-9-19(28-29)20-12-22-21(13-25-20)27-23(17-7-2-3-8-18(17)24)30(22)16-6-4-5-15(11-16)26-14-31/h2-3,7-10,12-16H,4-6,11H2,1H3,(H,26,31). The number of amides is 1. The summed E-state index contributed by atoms with van der Waals surface area (Å²) in [5.74, 6) is 0.278. The van der Waals surface area contributed by atoms with Gasteiger partial charge in [-0.15, -0.1) is 0 Å². The molecule has 1 saturated carbocycles. The fraction of sp³-hybridized carbons (Fsp3) is 0.304. The van der Waals surface area contributed by atoms with Gasteiger partial charge < -0.3 is 9.88 Å². The molecule has 3 heterocycles. The van der Waals surface area contributed by atoms with Gasteiger partial charge in [-0.1, -0.05) is 12.1 Å². The number of carbonyl (C=O) groups excluding carboxylic acids is 1. The zero-order valence-electron chi connectivity index (χ0n) is 17.2. The average molecular weight is 418 g/mol. The van der Waals surface area contributed by atoms with E-state index in [2.05, 4.69) is 20.0 Å². The van der Waals surface area contributed by atoms with Crippen LogP contribution in [-0.4, -0.2) is 36.8 Å². The van der Waals surface area contributed by atoms with Gasteiger partial charge in [-0.05, 0) is 49.9 Å². The van der Waals surface area contributed by atoms with Crippen molar-refractivity contribution >= 4 is 17.4 Å². The molecule has 31 heavy (non-hydrogen) atoms. The van der Waals surface area contributed by atoms with Crippen LogP contribution in [-0.2, 0) is 11.8 Å². The molecule has 1 amide bonds. The third kappa shape index (κ3) is 3.58. The van der Waals surface area contributed by atoms with Crippen molar-refractivity contribution in [1.29, 1.82) is 0 Å². The van der Waals surface area contributed by atoms with E-state index in [1.54, 1.807) is 23.0 Å². The zero-order valence-corrected chi connectivity index (χ0v) is 17.2. The highest BCUT2D eigenvalue weighted by atomic mass is 19.1. The second-order valence-corrected chi connectivity index (χ2v) is 8.02. The van der Waals surface area contributed by atoms with Crippen molar-refractivity contribution in [2.75, 3.05) is 0 Å². The Morgan fingerprint density at radius 2 is 2.06 bits per heavy atom. The van der Waals surface area contributed by atoms with Crippen LogP contribution >= 0.6 is 0 Å². The molecule has 7 nitrogen and oxygen atoms in total. The normalized spacial score (nSPS) is 18.9. The number of nitrogens with zero attached hydrogens (tertiary/aromatic N) is 5. The Balaban J connectivity index is 1.69. The second-order valence-electron chi connectivity index (χ2n) is 8.02. The first-order valence-electron chi connectivity index (χ1n) is 10.5. The predicted molar refractivity (Wildman–Crippen MR) is 116 cm³/mol. The summed E-state index contributed by atoms with van der Waals surface area (Å²) < 4.78 is 18.6. The molecule has 1 aliphatic rings. The van der Waals surface area contributed by atoms with Crippen molar-refractivity contribution in [2.24, 2.45) is 7.05 Å². The molecule has 2 unspecified atom stereocenters. The number of aryl methyl sites for hydroxylation is 1. The Kier molecular flexibility index (Phi) is 4.97. The van der Waals surface area contributed by atoms with E-state index in [9.17, 15) is 9.18 Å². The monoisotopic (exact) mass is 418 g/mol. The van der Waals surface area contributed by atoms with Crippen LogP contribution in [0.15, 0.2) is 48.8 Å². The van der Waals surface area contributed by atoms with Crippen LogP contribution < -0.4 is 5.32 Å². The fourth-order valence-electron chi connectivity index (χ4n) is 4.54. The van der Waals surface area contributed by atoms with E-state index in [1.807, 2.05) is 31.4 Å². The molecule has 5 rings (SSSR count). The van der Waals surface area contributed by atoms with E-state index < -0.39 is 0 Å². The molecule has 4 aromatic rings. The number of pyridine rings is 1. The Labute approximate surface area is 178 Å². The Hall–Kier alpha value is -3.55. The fourth-order valence-corrected chi connectivity index (χ4v) is 4.54. The van der Waals surface area contributed by atoms with Crippen LogP contribution in [0.4, 0.5) is 4.39 Å². The highest BCUT2D eigenvalue weighted by Gasteiger charge is 2.28. The molecule has 1 fully saturated rings. The maximum absolute atomic E-state index is 14.8. The van der Waals surface area contributed by atoms with Crippen molar-refractivity contribution in [2.45, 2.75) is 37.8 Å². The van der Waals surface area contributed by atoms with Gasteiger partial charge in [0.05, 0.1) is 23.0 Å². The highest BCUT2D eigenvalue weighted by Crippen LogP contribution is 2.37. The molecule has 8 heteroatoms. The second kappa shape index (κ2) is 7.94. The van der Waals surface area contributed by atoms with E-state index in [0.29, 0.717) is 16.9 Å². The molecular weight excluding hydrogens is 395 g/mol. The number of hydrogen-bond donors (Lipinski definition) is 1. The Morgan fingerprint density at radius 1 is 1.19 bits per heavy atom. The third-order valence-corrected chi connectivity index (χ3v) is 5.98. The summed E-state index contributed by atoms with van der Waals surface area (Å²) >= 11 is 0. The first kappa shape index (κ1) is 19.4. The predicted octanol–water partition coefficient (Wildman–Crippen LogP) is 3.87. The molecule has 3 aromatic heterocycles. The van der Waals surface area contributed by atoms with E-state index in [4.69, 9.17) is 4.98 Å². The van der Waals surface area contributed by atoms with Gasteiger partial charge in [0.1, 0.15) is 22.9 Å². The largest absolute Gasteiger partial charge is 0.356 e. The van der Waals surface area contributed by atoms with Crippen molar-refractivity contribution in [3.05, 3.63) is 54.6 Å². The number of imidazole rings is 1. The summed E-state index contributed by atoms with van der Waals surface area (Å²) in [5, 5.41) is 7.38. The molecule has 1 aliphatic carbocycles. The van der Waals surface area contributed by atoms with Crippen molar-refractivity contribution < 1.29 is 9.18 Å². The maximum Gasteiger partial charge on any atom is 0.207 e. The number of halogens is 1. The molecule has 2 atom stereocenters. The molecule has 158 valence electrons. The van der Waals surface area contributed by atoms with Gasteiger partial charge in [0.25, 0.3) is 0 Å². The molecule has 1 N–H and O–H groups in total. The smallest absolute Gasteiger partial charge is 0.207 e. The summed E-state index contributed by atoms with van der Waals surface area (Å²) in [5.41, 5.74) is 3.58. The van der Waals surface area contributed by atoms with Crippen LogP contribution in [0.1, 0.15) is 31.7 Å². The van der Waals surface area contributed by atoms with Crippen molar-refractivity contribution in [3.63, 3.8) is 0 Å². The van der Waals surface area contributed by atoms with E-state index >= 15 is 0 Å². The van der Waals surface area contributed by atoms with E-state index in [-0.39, 0.29) is 17.9 Å². The van der Waals surface area contributed by atoms with Gasteiger partial charge >= 0.3 is 0 Å². The minimum atomic E-state index is -0.310. The Bertz CT molecular complexity index is 1250. The van der Waals surface area contributed by atoms with Gasteiger partial charge in [0.2, 0.25) is 6.41 Å². The summed E-state index contributed by atoms with van der Waals surface area (Å²) in [6, 6.07) is 10.8. The van der Waals surface area contributed by atoms with Gasteiger partial charge in [-0.25, -0.2) is 9.37 Å². The lowest BCUT2D eigenvalue weighted by molar-refractivity contribution is -0.110. The van der Waals surface area contributed by atoms with E-state index in [0.717, 1.165) is 49.0 Å². The number of rotatable bonds is 5. The minimum Gasteiger partial charge on any atom is -0.356 e. The number of hydrogen-bond acceptors (Lipinski definition) is 4. The average Bonchev–Trinajstić information content (AvgIpc) is 3.37. The van der Waals surface area contributed by atoms with Crippen LogP contribution in [0.25, 0.3) is 33.8 Å². The first-order chi connectivity index (χ1) is 15.1. The van der Waals surface area contributed by atoms with Crippen LogP contribution in [0.3, 0.4) is 0 Å². The maximum atomic E-state index is 14.8. The van der Waals surface area contributed by atoms with E-state index in [1.165, 1.54) is 6.07 Å². The lowest BCUT2D eigenvalue weighted by Crippen LogP contribution is -2.34. The Morgan fingerprint density at radius 3 is 2.84 bits per heavy atom. The van der Waals surface area contributed by atoms with Gasteiger partial charge in [0, 0.05) is 25.3 Å². The minimum absolute atomic E-state index is 0.0878. The van der Waals surface area contributed by atoms with Gasteiger partial charge in [0.15, 0.2) is 0 Å². The van der Waals surface area contributed by atoms with Crippen LogP contribution in [0.5, 0.6) is 0 Å². The molecule has 0 radical (unpaired) electrons. The number of nitrogens with one attached hydrogen (secondary N) is 1. The quantitative estimate of drug-likeness (QED) is 0.499. The molecule has 0 spiro atoms. The molecule has 0 saturated heterocycles. The molecule has 1 aromatic carbocycles. The molecule has 0 bridgehead atoms. The first-order valence-corrected chi connectivity index (χ1v) is 10.5. The SMILES string of the molecule is Cn1ccc(-c2cc3c(cn2)nc(-c2ccccc2F)n3C2CCCC(NC=O)C2)n1. The lowest BCUT2D eigenvalue weighted by Gasteiger charge is -2.31.